The zero-order valence-electron chi connectivity index (χ0n) is 15.6. The Hall–Kier alpha value is -3.07. The Balaban J connectivity index is 1.55. The van der Waals surface area contributed by atoms with Crippen LogP contribution in [0.4, 0.5) is 10.5 Å². The second-order valence-corrected chi connectivity index (χ2v) is 8.35. The number of non-ortho nitro benzene ring substituents is 1. The number of carbonyl (C=O) groups excluding carboxylic acids is 2. The van der Waals surface area contributed by atoms with E-state index >= 15 is 0 Å². The van der Waals surface area contributed by atoms with Crippen LogP contribution in [0.3, 0.4) is 0 Å². The van der Waals surface area contributed by atoms with Gasteiger partial charge in [0.1, 0.15) is 11.5 Å². The third kappa shape index (κ3) is 4.51. The number of furan rings is 1. The van der Waals surface area contributed by atoms with Crippen LogP contribution in [-0.4, -0.2) is 21.0 Å². The Bertz CT molecular complexity index is 1250. The fraction of sp³-hybridized carbons (Fsp3) is 0.0476. The van der Waals surface area contributed by atoms with Crippen LogP contribution in [0.5, 0.6) is 0 Å². The van der Waals surface area contributed by atoms with E-state index in [-0.39, 0.29) is 17.1 Å². The van der Waals surface area contributed by atoms with E-state index in [1.54, 1.807) is 42.5 Å². The number of amides is 2. The summed E-state index contributed by atoms with van der Waals surface area (Å²) < 4.78 is 5.71. The van der Waals surface area contributed by atoms with Crippen molar-refractivity contribution in [3.63, 3.8) is 0 Å². The van der Waals surface area contributed by atoms with E-state index in [2.05, 4.69) is 0 Å². The van der Waals surface area contributed by atoms with Crippen molar-refractivity contribution in [1.82, 2.24) is 4.90 Å². The van der Waals surface area contributed by atoms with Crippen molar-refractivity contribution in [3.05, 3.63) is 91.0 Å². The molecule has 1 aliphatic rings. The van der Waals surface area contributed by atoms with Gasteiger partial charge in [-0.1, -0.05) is 41.4 Å². The smallest absolute Gasteiger partial charge is 0.293 e. The monoisotopic (exact) mass is 474 g/mol. The molecule has 156 valence electrons. The second kappa shape index (κ2) is 8.58. The number of nitrogens with zero attached hydrogens (tertiary/aromatic N) is 2. The molecule has 0 bridgehead atoms. The van der Waals surface area contributed by atoms with Gasteiger partial charge in [0, 0.05) is 33.8 Å². The molecule has 4 rings (SSSR count). The molecule has 7 nitrogen and oxygen atoms in total. The van der Waals surface area contributed by atoms with Crippen LogP contribution in [0.1, 0.15) is 11.3 Å². The van der Waals surface area contributed by atoms with Gasteiger partial charge >= 0.3 is 0 Å². The SMILES string of the molecule is O=C1S/C(=C/c2ccc(-c3cccc([N+](=O)[O-])c3)o2)C(=O)N1Cc1ccc(Cl)cc1Cl. The Labute approximate surface area is 190 Å². The van der Waals surface area contributed by atoms with E-state index in [0.29, 0.717) is 32.7 Å². The standard InChI is InChI=1S/C21H12Cl2N2O5S/c22-14-5-4-13(17(23)9-14)11-24-20(26)19(31-21(24)27)10-16-6-7-18(30-16)12-2-1-3-15(8-12)25(28)29/h1-10H,11H2/b19-10+. The van der Waals surface area contributed by atoms with Gasteiger partial charge in [-0.2, -0.15) is 0 Å². The molecule has 0 aliphatic carbocycles. The highest BCUT2D eigenvalue weighted by molar-refractivity contribution is 8.18. The lowest BCUT2D eigenvalue weighted by Crippen LogP contribution is -2.27. The van der Waals surface area contributed by atoms with Gasteiger partial charge in [-0.25, -0.2) is 0 Å². The molecule has 0 radical (unpaired) electrons. The van der Waals surface area contributed by atoms with Crippen LogP contribution < -0.4 is 0 Å². The lowest BCUT2D eigenvalue weighted by Gasteiger charge is -2.13. The predicted octanol–water partition coefficient (Wildman–Crippen LogP) is 6.40. The molecule has 0 saturated carbocycles. The number of nitro groups is 1. The van der Waals surface area contributed by atoms with Crippen LogP contribution in [0.15, 0.2) is 63.9 Å². The van der Waals surface area contributed by atoms with E-state index in [1.807, 2.05) is 0 Å². The number of halogens is 2. The highest BCUT2D eigenvalue weighted by atomic mass is 35.5. The van der Waals surface area contributed by atoms with Gasteiger partial charge in [0.2, 0.25) is 0 Å². The Morgan fingerprint density at radius 1 is 1.10 bits per heavy atom. The van der Waals surface area contributed by atoms with E-state index in [4.69, 9.17) is 27.6 Å². The third-order valence-electron chi connectivity index (χ3n) is 4.46. The van der Waals surface area contributed by atoms with Crippen LogP contribution in [0.25, 0.3) is 17.4 Å². The fourth-order valence-corrected chi connectivity index (χ4v) is 4.23. The van der Waals surface area contributed by atoms with Gasteiger partial charge in [-0.15, -0.1) is 0 Å². The van der Waals surface area contributed by atoms with Gasteiger partial charge in [-0.05, 0) is 41.6 Å². The molecule has 1 aliphatic heterocycles. The maximum absolute atomic E-state index is 12.7. The molecule has 0 unspecified atom stereocenters. The summed E-state index contributed by atoms with van der Waals surface area (Å²) in [7, 11) is 0. The Kier molecular flexibility index (Phi) is 5.86. The molecular weight excluding hydrogens is 463 g/mol. The third-order valence-corrected chi connectivity index (χ3v) is 5.95. The molecule has 1 aromatic heterocycles. The van der Waals surface area contributed by atoms with Crippen LogP contribution >= 0.6 is 35.0 Å². The van der Waals surface area contributed by atoms with E-state index < -0.39 is 16.1 Å². The van der Waals surface area contributed by atoms with Gasteiger partial charge in [-0.3, -0.25) is 24.6 Å². The Morgan fingerprint density at radius 2 is 1.90 bits per heavy atom. The number of hydrogen-bond acceptors (Lipinski definition) is 6. The van der Waals surface area contributed by atoms with Crippen molar-refractivity contribution in [3.8, 4) is 11.3 Å². The Morgan fingerprint density at radius 3 is 2.65 bits per heavy atom. The molecule has 2 aromatic carbocycles. The highest BCUT2D eigenvalue weighted by Gasteiger charge is 2.35. The molecule has 0 N–H and O–H groups in total. The van der Waals surface area contributed by atoms with Crippen molar-refractivity contribution >= 4 is 57.9 Å². The zero-order valence-corrected chi connectivity index (χ0v) is 17.9. The fourth-order valence-electron chi connectivity index (χ4n) is 2.94. The van der Waals surface area contributed by atoms with Gasteiger partial charge < -0.3 is 4.42 Å². The summed E-state index contributed by atoms with van der Waals surface area (Å²) >= 11 is 12.8. The van der Waals surface area contributed by atoms with E-state index in [9.17, 15) is 19.7 Å². The van der Waals surface area contributed by atoms with Crippen molar-refractivity contribution in [2.75, 3.05) is 0 Å². The molecule has 1 saturated heterocycles. The van der Waals surface area contributed by atoms with Gasteiger partial charge in [0.05, 0.1) is 16.4 Å². The lowest BCUT2D eigenvalue weighted by atomic mass is 10.1. The summed E-state index contributed by atoms with van der Waals surface area (Å²) in [5.74, 6) is 0.285. The van der Waals surface area contributed by atoms with Crippen molar-refractivity contribution in [2.24, 2.45) is 0 Å². The minimum absolute atomic E-state index is 0.0229. The molecule has 2 heterocycles. The first-order valence-corrected chi connectivity index (χ1v) is 10.4. The summed E-state index contributed by atoms with van der Waals surface area (Å²) in [6, 6.07) is 14.1. The molecular formula is C21H12Cl2N2O5S. The largest absolute Gasteiger partial charge is 0.457 e. The summed E-state index contributed by atoms with van der Waals surface area (Å²) in [4.78, 5) is 36.9. The molecule has 0 spiro atoms. The number of benzene rings is 2. The molecule has 0 atom stereocenters. The maximum Gasteiger partial charge on any atom is 0.293 e. The van der Waals surface area contributed by atoms with Crippen LogP contribution in [0, 0.1) is 10.1 Å². The first kappa shape index (κ1) is 21.2. The zero-order chi connectivity index (χ0) is 22.1. The number of thioether (sulfide) groups is 1. The molecule has 10 heteroatoms. The second-order valence-electron chi connectivity index (χ2n) is 6.51. The van der Waals surface area contributed by atoms with Crippen molar-refractivity contribution < 1.29 is 18.9 Å². The number of nitro benzene ring substituents is 1. The maximum atomic E-state index is 12.7. The molecule has 1 fully saturated rings. The molecule has 31 heavy (non-hydrogen) atoms. The van der Waals surface area contributed by atoms with Gasteiger partial charge in [0.15, 0.2) is 0 Å². The minimum Gasteiger partial charge on any atom is -0.457 e. The topological polar surface area (TPSA) is 93.7 Å². The lowest BCUT2D eigenvalue weighted by molar-refractivity contribution is -0.384. The minimum atomic E-state index is -0.490. The number of carbonyl (C=O) groups is 2. The summed E-state index contributed by atoms with van der Waals surface area (Å²) in [5.41, 5.74) is 1.07. The number of rotatable bonds is 5. The predicted molar refractivity (Wildman–Crippen MR) is 119 cm³/mol. The average Bonchev–Trinajstić information content (AvgIpc) is 3.30. The van der Waals surface area contributed by atoms with Crippen molar-refractivity contribution in [2.45, 2.75) is 6.54 Å². The number of imide groups is 1. The highest BCUT2D eigenvalue weighted by Crippen LogP contribution is 2.35. The number of hydrogen-bond donors (Lipinski definition) is 0. The van der Waals surface area contributed by atoms with Crippen molar-refractivity contribution in [1.29, 1.82) is 0 Å². The first-order chi connectivity index (χ1) is 14.8. The summed E-state index contributed by atoms with van der Waals surface area (Å²) in [6.07, 6.45) is 1.47. The average molecular weight is 475 g/mol. The quantitative estimate of drug-likeness (QED) is 0.241. The van der Waals surface area contributed by atoms with Crippen LogP contribution in [-0.2, 0) is 11.3 Å². The van der Waals surface area contributed by atoms with Gasteiger partial charge in [0.25, 0.3) is 16.8 Å². The van der Waals surface area contributed by atoms with E-state index in [0.717, 1.165) is 16.7 Å². The molecule has 3 aromatic rings. The summed E-state index contributed by atoms with van der Waals surface area (Å²) in [5, 5.41) is 11.4. The first-order valence-electron chi connectivity index (χ1n) is 8.86. The van der Waals surface area contributed by atoms with Crippen LogP contribution in [0.2, 0.25) is 10.0 Å². The normalized spacial score (nSPS) is 15.2. The van der Waals surface area contributed by atoms with E-state index in [1.165, 1.54) is 18.2 Å². The molecule has 2 amide bonds. The summed E-state index contributed by atoms with van der Waals surface area (Å²) in [6.45, 7) is 0.0229.